The average Bonchev–Trinajstić information content (AvgIpc) is 2.87. The Hall–Kier alpha value is -3.20. The average molecular weight is 455 g/mol. The van der Waals surface area contributed by atoms with Crippen LogP contribution in [0.3, 0.4) is 0 Å². The van der Waals surface area contributed by atoms with Crippen LogP contribution in [-0.4, -0.2) is 5.97 Å². The number of esters is 1. The van der Waals surface area contributed by atoms with Gasteiger partial charge in [-0.15, -0.1) is 0 Å². The molecular weight excluding hydrogens is 418 g/mol. The van der Waals surface area contributed by atoms with Crippen molar-refractivity contribution in [3.05, 3.63) is 90.8 Å². The Kier molecular flexibility index (Phi) is 9.07. The van der Waals surface area contributed by atoms with E-state index in [4.69, 9.17) is 4.74 Å². The lowest BCUT2D eigenvalue weighted by Gasteiger charge is -2.08. The number of pyridine rings is 1. The Morgan fingerprint density at radius 2 is 1.24 bits per heavy atom. The van der Waals surface area contributed by atoms with Crippen LogP contribution in [0.15, 0.2) is 85.2 Å². The largest absolute Gasteiger partial charge is 0.461 e. The van der Waals surface area contributed by atoms with E-state index in [-0.39, 0.29) is 5.97 Å². The van der Waals surface area contributed by atoms with E-state index in [1.165, 1.54) is 60.1 Å². The van der Waals surface area contributed by atoms with Gasteiger partial charge in [0, 0.05) is 25.0 Å². The van der Waals surface area contributed by atoms with Gasteiger partial charge >= 0.3 is 5.97 Å². The number of hydrogen-bond acceptors (Lipinski definition) is 2. The summed E-state index contributed by atoms with van der Waals surface area (Å²) in [5.41, 5.74) is 1.04. The van der Waals surface area contributed by atoms with Gasteiger partial charge in [-0.05, 0) is 58.1 Å². The maximum absolute atomic E-state index is 12.2. The van der Waals surface area contributed by atoms with Crippen LogP contribution in [0, 0.1) is 0 Å². The van der Waals surface area contributed by atoms with E-state index in [0.29, 0.717) is 13.0 Å². The van der Waals surface area contributed by atoms with E-state index in [9.17, 15) is 4.79 Å². The number of nitrogens with zero attached hydrogens (tertiary/aromatic N) is 1. The fourth-order valence-corrected chi connectivity index (χ4v) is 4.52. The predicted molar refractivity (Wildman–Crippen MR) is 139 cm³/mol. The SMILES string of the molecule is O=C(CCCCCCCCCC[n+]1ccccc1)OCc1ccc2cc3ccccc3cc2c1. The molecule has 0 aliphatic heterocycles. The van der Waals surface area contributed by atoms with Crippen molar-refractivity contribution < 1.29 is 14.1 Å². The van der Waals surface area contributed by atoms with Gasteiger partial charge in [0.15, 0.2) is 12.4 Å². The zero-order valence-electron chi connectivity index (χ0n) is 20.1. The minimum Gasteiger partial charge on any atom is -0.461 e. The number of ether oxygens (including phenoxy) is 1. The summed E-state index contributed by atoms with van der Waals surface area (Å²) in [6, 6.07) is 25.3. The third-order valence-electron chi connectivity index (χ3n) is 6.49. The molecular formula is C31H36NO2+. The molecule has 0 bridgehead atoms. The Morgan fingerprint density at radius 1 is 0.618 bits per heavy atom. The molecule has 0 radical (unpaired) electrons. The molecule has 176 valence electrons. The van der Waals surface area contributed by atoms with Crippen LogP contribution in [0.25, 0.3) is 21.5 Å². The maximum atomic E-state index is 12.2. The molecule has 0 spiro atoms. The Bertz CT molecular complexity index is 1190. The first kappa shape index (κ1) is 23.9. The maximum Gasteiger partial charge on any atom is 0.306 e. The number of aromatic nitrogens is 1. The molecule has 0 fully saturated rings. The lowest BCUT2D eigenvalue weighted by Crippen LogP contribution is -2.32. The summed E-state index contributed by atoms with van der Waals surface area (Å²) in [6.45, 7) is 1.46. The lowest BCUT2D eigenvalue weighted by atomic mass is 10.0. The summed E-state index contributed by atoms with van der Waals surface area (Å²) in [4.78, 5) is 12.2. The van der Waals surface area contributed by atoms with Crippen molar-refractivity contribution in [2.24, 2.45) is 0 Å². The monoisotopic (exact) mass is 454 g/mol. The van der Waals surface area contributed by atoms with E-state index in [0.717, 1.165) is 24.9 Å². The summed E-state index contributed by atoms with van der Waals surface area (Å²) in [5.74, 6) is -0.0861. The second-order valence-electron chi connectivity index (χ2n) is 9.23. The molecule has 4 aromatic rings. The van der Waals surface area contributed by atoms with E-state index in [2.05, 4.69) is 89.8 Å². The number of unbranched alkanes of at least 4 members (excludes halogenated alkanes) is 7. The van der Waals surface area contributed by atoms with Crippen molar-refractivity contribution in [1.82, 2.24) is 0 Å². The molecule has 0 saturated carbocycles. The fourth-order valence-electron chi connectivity index (χ4n) is 4.52. The van der Waals surface area contributed by atoms with Crippen LogP contribution in [0.4, 0.5) is 0 Å². The van der Waals surface area contributed by atoms with Crippen LogP contribution >= 0.6 is 0 Å². The number of carbonyl (C=O) groups excluding carboxylic acids is 1. The molecule has 3 nitrogen and oxygen atoms in total. The molecule has 3 aromatic carbocycles. The molecule has 34 heavy (non-hydrogen) atoms. The van der Waals surface area contributed by atoms with Crippen molar-refractivity contribution in [1.29, 1.82) is 0 Å². The first-order chi connectivity index (χ1) is 16.8. The highest BCUT2D eigenvalue weighted by Crippen LogP contribution is 2.24. The van der Waals surface area contributed by atoms with Crippen LogP contribution in [0.2, 0.25) is 0 Å². The second kappa shape index (κ2) is 12.9. The van der Waals surface area contributed by atoms with E-state index < -0.39 is 0 Å². The van der Waals surface area contributed by atoms with Gasteiger partial charge in [0.25, 0.3) is 0 Å². The number of hydrogen-bond donors (Lipinski definition) is 0. The quantitative estimate of drug-likeness (QED) is 0.0904. The highest BCUT2D eigenvalue weighted by Gasteiger charge is 2.05. The summed E-state index contributed by atoms with van der Waals surface area (Å²) < 4.78 is 7.78. The van der Waals surface area contributed by atoms with Gasteiger partial charge in [0.2, 0.25) is 0 Å². The van der Waals surface area contributed by atoms with Crippen LogP contribution in [-0.2, 0) is 22.7 Å². The van der Waals surface area contributed by atoms with Crippen LogP contribution in [0.5, 0.6) is 0 Å². The summed E-state index contributed by atoms with van der Waals surface area (Å²) in [7, 11) is 0. The van der Waals surface area contributed by atoms with Crippen LogP contribution in [0.1, 0.15) is 63.4 Å². The molecule has 1 heterocycles. The number of carbonyl (C=O) groups is 1. The molecule has 0 amide bonds. The normalized spacial score (nSPS) is 11.2. The van der Waals surface area contributed by atoms with Gasteiger partial charge in [-0.3, -0.25) is 4.79 Å². The Morgan fingerprint density at radius 3 is 1.97 bits per heavy atom. The molecule has 0 aliphatic carbocycles. The highest BCUT2D eigenvalue weighted by molar-refractivity contribution is 5.98. The smallest absolute Gasteiger partial charge is 0.306 e. The minimum atomic E-state index is -0.0861. The summed E-state index contributed by atoms with van der Waals surface area (Å²) >= 11 is 0. The molecule has 0 unspecified atom stereocenters. The molecule has 0 saturated heterocycles. The number of benzene rings is 3. The third-order valence-corrected chi connectivity index (χ3v) is 6.49. The Labute approximate surface area is 203 Å². The van der Waals surface area contributed by atoms with Gasteiger partial charge in [0.1, 0.15) is 13.2 Å². The van der Waals surface area contributed by atoms with Gasteiger partial charge in [-0.1, -0.05) is 74.6 Å². The van der Waals surface area contributed by atoms with Gasteiger partial charge in [-0.2, -0.15) is 0 Å². The van der Waals surface area contributed by atoms with Crippen LogP contribution < -0.4 is 4.57 Å². The first-order valence-electron chi connectivity index (χ1n) is 12.8. The van der Waals surface area contributed by atoms with Crippen molar-refractivity contribution >= 4 is 27.5 Å². The molecule has 0 N–H and O–H groups in total. The summed E-state index contributed by atoms with van der Waals surface area (Å²) in [6.07, 6.45) is 14.4. The van der Waals surface area contributed by atoms with Gasteiger partial charge in [-0.25, -0.2) is 4.57 Å². The van der Waals surface area contributed by atoms with Crippen molar-refractivity contribution in [2.75, 3.05) is 0 Å². The third kappa shape index (κ3) is 7.41. The molecule has 4 rings (SSSR count). The van der Waals surface area contributed by atoms with E-state index in [1.807, 2.05) is 0 Å². The van der Waals surface area contributed by atoms with Crippen molar-refractivity contribution in [3.63, 3.8) is 0 Å². The zero-order valence-corrected chi connectivity index (χ0v) is 20.1. The van der Waals surface area contributed by atoms with Gasteiger partial charge < -0.3 is 4.74 Å². The highest BCUT2D eigenvalue weighted by atomic mass is 16.5. The van der Waals surface area contributed by atoms with E-state index in [1.54, 1.807) is 0 Å². The second-order valence-corrected chi connectivity index (χ2v) is 9.23. The molecule has 3 heteroatoms. The topological polar surface area (TPSA) is 30.2 Å². The minimum absolute atomic E-state index is 0.0861. The molecule has 0 atom stereocenters. The number of rotatable bonds is 13. The standard InChI is InChI=1S/C31H36NO2/c33-31(16-8-5-3-1-2-4-6-11-19-32-20-12-7-13-21-32)34-25-26-17-18-29-23-27-14-9-10-15-28(27)24-30(29)22-26/h7,9-10,12-15,17-18,20-24H,1-6,8,11,16,19,25H2/q+1. The lowest BCUT2D eigenvalue weighted by molar-refractivity contribution is -0.697. The van der Waals surface area contributed by atoms with Gasteiger partial charge in [0.05, 0.1) is 0 Å². The number of fused-ring (bicyclic) bond motifs is 2. The Balaban J connectivity index is 1.06. The first-order valence-corrected chi connectivity index (χ1v) is 12.8. The zero-order chi connectivity index (χ0) is 23.4. The summed E-state index contributed by atoms with van der Waals surface area (Å²) in [5, 5.41) is 4.88. The number of aryl methyl sites for hydroxylation is 1. The van der Waals surface area contributed by atoms with Crippen molar-refractivity contribution in [3.8, 4) is 0 Å². The van der Waals surface area contributed by atoms with Crippen molar-refractivity contribution in [2.45, 2.75) is 70.9 Å². The molecule has 1 aromatic heterocycles. The molecule has 0 aliphatic rings. The predicted octanol–water partition coefficient (Wildman–Crippen LogP) is 7.53. The fraction of sp³-hybridized carbons (Fsp3) is 0.355. The van der Waals surface area contributed by atoms with E-state index >= 15 is 0 Å².